The standard InChI is InChI=1S/C17H27NO/c1-11(2)10-18-8-7-16(19)17-14(5)12(3)9-13(4)15(17)6/h9,11,18H,7-8,10H2,1-6H3. The molecule has 0 aliphatic rings. The third kappa shape index (κ3) is 4.17. The number of Topliss-reactive ketones (excluding diaryl/α,β-unsaturated/α-hetero) is 1. The van der Waals surface area contributed by atoms with Crippen LogP contribution in [-0.2, 0) is 0 Å². The lowest BCUT2D eigenvalue weighted by atomic mass is 9.91. The minimum Gasteiger partial charge on any atom is -0.316 e. The fourth-order valence-electron chi connectivity index (χ4n) is 2.35. The zero-order valence-corrected chi connectivity index (χ0v) is 13.2. The van der Waals surface area contributed by atoms with E-state index in [9.17, 15) is 4.79 Å². The zero-order valence-electron chi connectivity index (χ0n) is 13.2. The molecule has 0 aliphatic heterocycles. The molecule has 0 heterocycles. The highest BCUT2D eigenvalue weighted by molar-refractivity contribution is 5.99. The van der Waals surface area contributed by atoms with Gasteiger partial charge in [-0.15, -0.1) is 0 Å². The molecule has 0 atom stereocenters. The largest absolute Gasteiger partial charge is 0.316 e. The van der Waals surface area contributed by atoms with E-state index in [4.69, 9.17) is 0 Å². The Morgan fingerprint density at radius 1 is 1.11 bits per heavy atom. The smallest absolute Gasteiger partial charge is 0.164 e. The SMILES string of the molecule is Cc1cc(C)c(C)c(C(=O)CCNCC(C)C)c1C. The van der Waals surface area contributed by atoms with E-state index in [1.54, 1.807) is 0 Å². The minimum absolute atomic E-state index is 0.262. The highest BCUT2D eigenvalue weighted by atomic mass is 16.1. The Morgan fingerprint density at radius 3 is 2.11 bits per heavy atom. The van der Waals surface area contributed by atoms with E-state index in [2.05, 4.69) is 52.9 Å². The number of nitrogens with one attached hydrogen (secondary N) is 1. The van der Waals surface area contributed by atoms with Crippen LogP contribution in [-0.4, -0.2) is 18.9 Å². The quantitative estimate of drug-likeness (QED) is 0.624. The second kappa shape index (κ2) is 6.85. The van der Waals surface area contributed by atoms with Crippen molar-refractivity contribution in [2.75, 3.05) is 13.1 Å². The van der Waals surface area contributed by atoms with Crippen molar-refractivity contribution in [2.24, 2.45) is 5.92 Å². The van der Waals surface area contributed by atoms with Crippen LogP contribution in [0.15, 0.2) is 6.07 Å². The Bertz CT molecular complexity index is 435. The first-order valence-electron chi connectivity index (χ1n) is 7.16. The molecule has 0 saturated heterocycles. The van der Waals surface area contributed by atoms with Crippen molar-refractivity contribution in [1.29, 1.82) is 0 Å². The van der Waals surface area contributed by atoms with Gasteiger partial charge < -0.3 is 5.32 Å². The molecule has 0 aliphatic carbocycles. The molecule has 0 unspecified atom stereocenters. The van der Waals surface area contributed by atoms with Gasteiger partial charge in [0, 0.05) is 18.5 Å². The second-order valence-electron chi connectivity index (χ2n) is 5.91. The first-order chi connectivity index (χ1) is 8.84. The maximum absolute atomic E-state index is 12.4. The third-order valence-corrected chi connectivity index (χ3v) is 3.73. The lowest BCUT2D eigenvalue weighted by Crippen LogP contribution is -2.23. The first-order valence-corrected chi connectivity index (χ1v) is 7.16. The predicted molar refractivity (Wildman–Crippen MR) is 82.0 cm³/mol. The molecule has 0 amide bonds. The van der Waals surface area contributed by atoms with Crippen LogP contribution in [0.2, 0.25) is 0 Å². The van der Waals surface area contributed by atoms with Crippen molar-refractivity contribution in [3.05, 3.63) is 33.9 Å². The number of rotatable bonds is 6. The molecule has 106 valence electrons. The van der Waals surface area contributed by atoms with Crippen LogP contribution in [0.5, 0.6) is 0 Å². The van der Waals surface area contributed by atoms with Gasteiger partial charge in [-0.1, -0.05) is 19.9 Å². The first kappa shape index (κ1) is 15.9. The molecule has 0 bridgehead atoms. The normalized spacial score (nSPS) is 11.1. The summed E-state index contributed by atoms with van der Waals surface area (Å²) in [4.78, 5) is 12.4. The van der Waals surface area contributed by atoms with Gasteiger partial charge in [-0.2, -0.15) is 0 Å². The van der Waals surface area contributed by atoms with Crippen LogP contribution in [0.3, 0.4) is 0 Å². The fraction of sp³-hybridized carbons (Fsp3) is 0.588. The van der Waals surface area contributed by atoms with Gasteiger partial charge in [-0.3, -0.25) is 4.79 Å². The molecule has 1 aromatic carbocycles. The lowest BCUT2D eigenvalue weighted by molar-refractivity contribution is 0.0981. The molecule has 0 aromatic heterocycles. The number of benzene rings is 1. The van der Waals surface area contributed by atoms with E-state index in [0.717, 1.165) is 29.8 Å². The summed E-state index contributed by atoms with van der Waals surface area (Å²) < 4.78 is 0. The van der Waals surface area contributed by atoms with E-state index in [1.165, 1.54) is 11.1 Å². The van der Waals surface area contributed by atoms with Gasteiger partial charge in [0.1, 0.15) is 0 Å². The van der Waals surface area contributed by atoms with Gasteiger partial charge in [0.2, 0.25) is 0 Å². The molecule has 1 N–H and O–H groups in total. The van der Waals surface area contributed by atoms with Crippen molar-refractivity contribution >= 4 is 5.78 Å². The summed E-state index contributed by atoms with van der Waals surface area (Å²) in [5.74, 6) is 0.887. The van der Waals surface area contributed by atoms with E-state index < -0.39 is 0 Å². The lowest BCUT2D eigenvalue weighted by Gasteiger charge is -2.14. The Morgan fingerprint density at radius 2 is 1.63 bits per heavy atom. The monoisotopic (exact) mass is 261 g/mol. The van der Waals surface area contributed by atoms with Gasteiger partial charge in [0.05, 0.1) is 0 Å². The van der Waals surface area contributed by atoms with Crippen molar-refractivity contribution in [3.8, 4) is 0 Å². The van der Waals surface area contributed by atoms with Crippen molar-refractivity contribution in [2.45, 2.75) is 48.0 Å². The van der Waals surface area contributed by atoms with Gasteiger partial charge in [0.25, 0.3) is 0 Å². The Balaban J connectivity index is 2.77. The zero-order chi connectivity index (χ0) is 14.6. The summed E-state index contributed by atoms with van der Waals surface area (Å²) in [6.45, 7) is 14.3. The summed E-state index contributed by atoms with van der Waals surface area (Å²) in [5, 5.41) is 3.33. The number of ketones is 1. The molecule has 1 rings (SSSR count). The summed E-state index contributed by atoms with van der Waals surface area (Å²) in [6.07, 6.45) is 0.581. The van der Waals surface area contributed by atoms with Crippen LogP contribution < -0.4 is 5.32 Å². The van der Waals surface area contributed by atoms with E-state index >= 15 is 0 Å². The van der Waals surface area contributed by atoms with E-state index in [-0.39, 0.29) is 5.78 Å². The molecule has 0 radical (unpaired) electrons. The summed E-state index contributed by atoms with van der Waals surface area (Å²) in [6, 6.07) is 2.17. The molecule has 0 spiro atoms. The summed E-state index contributed by atoms with van der Waals surface area (Å²) >= 11 is 0. The van der Waals surface area contributed by atoms with Gasteiger partial charge in [-0.05, 0) is 62.4 Å². The average Bonchev–Trinajstić information content (AvgIpc) is 2.32. The molecular formula is C17H27NO. The Labute approximate surface area is 117 Å². The van der Waals surface area contributed by atoms with Crippen LogP contribution >= 0.6 is 0 Å². The van der Waals surface area contributed by atoms with Crippen LogP contribution in [0.25, 0.3) is 0 Å². The number of carbonyl (C=O) groups is 1. The molecule has 0 fully saturated rings. The van der Waals surface area contributed by atoms with E-state index in [1.807, 2.05) is 0 Å². The van der Waals surface area contributed by atoms with Crippen LogP contribution in [0, 0.1) is 33.6 Å². The van der Waals surface area contributed by atoms with Crippen molar-refractivity contribution in [1.82, 2.24) is 5.32 Å². The van der Waals surface area contributed by atoms with Gasteiger partial charge >= 0.3 is 0 Å². The summed E-state index contributed by atoms with van der Waals surface area (Å²) in [5.41, 5.74) is 5.63. The van der Waals surface area contributed by atoms with E-state index in [0.29, 0.717) is 12.3 Å². The minimum atomic E-state index is 0.262. The fourth-order valence-corrected chi connectivity index (χ4v) is 2.35. The highest BCUT2D eigenvalue weighted by Crippen LogP contribution is 2.22. The molecule has 0 saturated carbocycles. The van der Waals surface area contributed by atoms with Gasteiger partial charge in [0.15, 0.2) is 5.78 Å². The number of carbonyl (C=O) groups excluding carboxylic acids is 1. The number of hydrogen-bond acceptors (Lipinski definition) is 2. The topological polar surface area (TPSA) is 29.1 Å². The third-order valence-electron chi connectivity index (χ3n) is 3.73. The maximum Gasteiger partial charge on any atom is 0.164 e. The molecule has 1 aromatic rings. The molecule has 2 nitrogen and oxygen atoms in total. The molecular weight excluding hydrogens is 234 g/mol. The Hall–Kier alpha value is -1.15. The second-order valence-corrected chi connectivity index (χ2v) is 5.91. The van der Waals surface area contributed by atoms with Crippen LogP contribution in [0.4, 0.5) is 0 Å². The van der Waals surface area contributed by atoms with Crippen molar-refractivity contribution < 1.29 is 4.79 Å². The Kier molecular flexibility index (Phi) is 5.74. The van der Waals surface area contributed by atoms with Crippen molar-refractivity contribution in [3.63, 3.8) is 0 Å². The molecule has 19 heavy (non-hydrogen) atoms. The molecule has 2 heteroatoms. The highest BCUT2D eigenvalue weighted by Gasteiger charge is 2.15. The van der Waals surface area contributed by atoms with Crippen LogP contribution in [0.1, 0.15) is 52.9 Å². The maximum atomic E-state index is 12.4. The number of aryl methyl sites for hydroxylation is 2. The summed E-state index contributed by atoms with van der Waals surface area (Å²) in [7, 11) is 0. The number of hydrogen-bond donors (Lipinski definition) is 1. The predicted octanol–water partition coefficient (Wildman–Crippen LogP) is 3.74. The average molecular weight is 261 g/mol. The van der Waals surface area contributed by atoms with Gasteiger partial charge in [-0.25, -0.2) is 0 Å².